The molecule has 0 saturated carbocycles. The zero-order chi connectivity index (χ0) is 24.5. The van der Waals surface area contributed by atoms with E-state index in [-0.39, 0.29) is 27.3 Å². The molecule has 176 valence electrons. The lowest BCUT2D eigenvalue weighted by Crippen LogP contribution is -2.47. The molecule has 33 heavy (non-hydrogen) atoms. The van der Waals surface area contributed by atoms with Crippen molar-refractivity contribution in [1.29, 1.82) is 0 Å². The van der Waals surface area contributed by atoms with Gasteiger partial charge in [-0.2, -0.15) is 0 Å². The molecule has 1 aliphatic carbocycles. The van der Waals surface area contributed by atoms with E-state index in [9.17, 15) is 0 Å². The van der Waals surface area contributed by atoms with Crippen LogP contribution in [0, 0.1) is 5.41 Å². The third kappa shape index (κ3) is 2.53. The van der Waals surface area contributed by atoms with Crippen molar-refractivity contribution in [1.82, 2.24) is 14.5 Å². The second-order valence-corrected chi connectivity index (χ2v) is 13.4. The molecule has 0 radical (unpaired) electrons. The second kappa shape index (κ2) is 6.00. The molecule has 0 amide bonds. The maximum atomic E-state index is 5.25. The molecule has 2 aromatic heterocycles. The van der Waals surface area contributed by atoms with Gasteiger partial charge in [0.05, 0.1) is 16.6 Å². The number of imidazole rings is 1. The van der Waals surface area contributed by atoms with Crippen LogP contribution in [0.4, 0.5) is 5.82 Å². The van der Waals surface area contributed by atoms with Gasteiger partial charge in [0.2, 0.25) is 0 Å². The Bertz CT molecular complexity index is 1310. The van der Waals surface area contributed by atoms with Gasteiger partial charge < -0.3 is 9.47 Å². The first kappa shape index (κ1) is 22.4. The lowest BCUT2D eigenvalue weighted by Gasteiger charge is -2.44. The van der Waals surface area contributed by atoms with Gasteiger partial charge in [-0.25, -0.2) is 9.97 Å². The average molecular weight is 445 g/mol. The van der Waals surface area contributed by atoms with Crippen LogP contribution in [0.2, 0.25) is 0 Å². The molecule has 0 unspecified atom stereocenters. The molecule has 3 heterocycles. The van der Waals surface area contributed by atoms with E-state index in [1.807, 2.05) is 0 Å². The Morgan fingerprint density at radius 3 is 1.94 bits per heavy atom. The summed E-state index contributed by atoms with van der Waals surface area (Å²) in [5, 5.41) is 0. The Kier molecular flexibility index (Phi) is 4.08. The molecule has 3 aromatic rings. The first-order valence-corrected chi connectivity index (χ1v) is 12.3. The number of hydrogen-bond donors (Lipinski definition) is 0. The Morgan fingerprint density at radius 2 is 1.36 bits per heavy atom. The van der Waals surface area contributed by atoms with Crippen molar-refractivity contribution in [3.05, 3.63) is 41.1 Å². The number of benzene rings is 1. The highest BCUT2D eigenvalue weighted by Crippen LogP contribution is 2.62. The highest BCUT2D eigenvalue weighted by atomic mass is 15.4. The number of aromatic nitrogens is 3. The van der Waals surface area contributed by atoms with Crippen LogP contribution in [0.25, 0.3) is 22.4 Å². The Balaban J connectivity index is 1.84. The molecule has 2 aliphatic rings. The fraction of sp³-hybridized carbons (Fsp3) is 0.586. The van der Waals surface area contributed by atoms with Crippen LogP contribution in [0.3, 0.4) is 0 Å². The third-order valence-corrected chi connectivity index (χ3v) is 9.84. The van der Waals surface area contributed by atoms with Gasteiger partial charge in [0, 0.05) is 18.2 Å². The molecular formula is C29H40N4. The van der Waals surface area contributed by atoms with Crippen LogP contribution in [0.15, 0.2) is 24.3 Å². The summed E-state index contributed by atoms with van der Waals surface area (Å²) in [5.74, 6) is 2.04. The van der Waals surface area contributed by atoms with Crippen LogP contribution in [-0.2, 0) is 21.9 Å². The Hall–Kier alpha value is -2.36. The molecule has 1 aliphatic heterocycles. The van der Waals surface area contributed by atoms with Crippen molar-refractivity contribution < 1.29 is 0 Å². The summed E-state index contributed by atoms with van der Waals surface area (Å²) in [6.45, 7) is 25.7. The van der Waals surface area contributed by atoms with Gasteiger partial charge in [0.15, 0.2) is 0 Å². The molecule has 0 spiro atoms. The van der Waals surface area contributed by atoms with Crippen molar-refractivity contribution in [3.8, 4) is 11.4 Å². The molecular weight excluding hydrogens is 404 g/mol. The topological polar surface area (TPSA) is 34.0 Å². The summed E-state index contributed by atoms with van der Waals surface area (Å²) in [7, 11) is 2.16. The summed E-state index contributed by atoms with van der Waals surface area (Å²) < 4.78 is 2.43. The maximum absolute atomic E-state index is 5.25. The Labute approximate surface area is 199 Å². The molecule has 1 aromatic carbocycles. The summed E-state index contributed by atoms with van der Waals surface area (Å²) in [6, 6.07) is 9.20. The monoisotopic (exact) mass is 444 g/mol. The molecule has 0 fully saturated rings. The SMILES string of the molecule is CN1c2nc(C(C)(C)C)ccc2-c2nc3cc4c(cc3n2C1(C)C)C(C)(C)C(C)(C)C4(C)C. The number of fused-ring (bicyclic) bond motifs is 6. The van der Waals surface area contributed by atoms with Gasteiger partial charge in [-0.1, -0.05) is 62.3 Å². The third-order valence-electron chi connectivity index (χ3n) is 9.84. The average Bonchev–Trinajstić information content (AvgIpc) is 3.13. The lowest BCUT2D eigenvalue weighted by molar-refractivity contribution is 0.125. The van der Waals surface area contributed by atoms with Crippen LogP contribution in [-0.4, -0.2) is 21.6 Å². The number of hydrogen-bond acceptors (Lipinski definition) is 3. The molecule has 0 N–H and O–H groups in total. The van der Waals surface area contributed by atoms with E-state index in [0.717, 1.165) is 28.4 Å². The standard InChI is InChI=1S/C29H40N4/c1-25(2,3)22-14-13-17-23(31-22)32(12)29(10,11)33-21-16-19-18(15-20(21)30-24(17)33)26(4,5)28(8,9)27(19,6)7/h13-16H,1-12H3. The molecule has 5 rings (SSSR count). The van der Waals surface area contributed by atoms with Crippen molar-refractivity contribution in [2.24, 2.45) is 5.41 Å². The minimum absolute atomic E-state index is 0.00235. The van der Waals surface area contributed by atoms with E-state index >= 15 is 0 Å². The largest absolute Gasteiger partial charge is 0.336 e. The first-order valence-electron chi connectivity index (χ1n) is 12.3. The van der Waals surface area contributed by atoms with Crippen LogP contribution >= 0.6 is 0 Å². The number of rotatable bonds is 0. The maximum Gasteiger partial charge on any atom is 0.146 e. The van der Waals surface area contributed by atoms with E-state index in [1.54, 1.807) is 0 Å². The van der Waals surface area contributed by atoms with Gasteiger partial charge in [-0.3, -0.25) is 0 Å². The van der Waals surface area contributed by atoms with Crippen molar-refractivity contribution in [2.75, 3.05) is 11.9 Å². The predicted octanol–water partition coefficient (Wildman–Crippen LogP) is 7.13. The number of nitrogens with zero attached hydrogens (tertiary/aromatic N) is 4. The summed E-state index contributed by atoms with van der Waals surface area (Å²) in [4.78, 5) is 12.7. The normalized spacial score (nSPS) is 21.6. The highest BCUT2D eigenvalue weighted by molar-refractivity contribution is 5.88. The van der Waals surface area contributed by atoms with Gasteiger partial charge in [0.25, 0.3) is 0 Å². The zero-order valence-electron chi connectivity index (χ0n) is 22.6. The van der Waals surface area contributed by atoms with Crippen molar-refractivity contribution in [2.45, 2.75) is 98.1 Å². The lowest BCUT2D eigenvalue weighted by atomic mass is 9.59. The number of pyridine rings is 1. The van der Waals surface area contributed by atoms with Gasteiger partial charge in [-0.15, -0.1) is 0 Å². The fourth-order valence-corrected chi connectivity index (χ4v) is 6.05. The quantitative estimate of drug-likeness (QED) is 0.370. The van der Waals surface area contributed by atoms with Crippen LogP contribution in [0.1, 0.15) is 93.0 Å². The fourth-order valence-electron chi connectivity index (χ4n) is 6.05. The van der Waals surface area contributed by atoms with Crippen LogP contribution in [0.5, 0.6) is 0 Å². The first-order chi connectivity index (χ1) is 14.9. The van der Waals surface area contributed by atoms with Crippen LogP contribution < -0.4 is 4.90 Å². The summed E-state index contributed by atoms with van der Waals surface area (Å²) >= 11 is 0. The second-order valence-electron chi connectivity index (χ2n) is 13.4. The Morgan fingerprint density at radius 1 is 0.788 bits per heavy atom. The van der Waals surface area contributed by atoms with E-state index < -0.39 is 0 Å². The van der Waals surface area contributed by atoms with Crippen molar-refractivity contribution >= 4 is 16.9 Å². The van der Waals surface area contributed by atoms with Gasteiger partial charge in [-0.05, 0) is 65.5 Å². The number of anilines is 1. The minimum atomic E-state index is -0.289. The van der Waals surface area contributed by atoms with E-state index in [2.05, 4.69) is 117 Å². The smallest absolute Gasteiger partial charge is 0.146 e. The molecule has 4 heteroatoms. The molecule has 0 atom stereocenters. The van der Waals surface area contributed by atoms with Gasteiger partial charge >= 0.3 is 0 Å². The van der Waals surface area contributed by atoms with E-state index in [4.69, 9.17) is 9.97 Å². The summed E-state index contributed by atoms with van der Waals surface area (Å²) in [5.41, 5.74) is 7.40. The zero-order valence-corrected chi connectivity index (χ0v) is 22.6. The predicted molar refractivity (Wildman–Crippen MR) is 139 cm³/mol. The molecule has 0 bridgehead atoms. The summed E-state index contributed by atoms with van der Waals surface area (Å²) in [6.07, 6.45) is 0. The van der Waals surface area contributed by atoms with E-state index in [1.165, 1.54) is 16.6 Å². The molecule has 4 nitrogen and oxygen atoms in total. The van der Waals surface area contributed by atoms with Crippen molar-refractivity contribution in [3.63, 3.8) is 0 Å². The highest BCUT2D eigenvalue weighted by Gasteiger charge is 2.57. The van der Waals surface area contributed by atoms with E-state index in [0.29, 0.717) is 0 Å². The molecule has 0 saturated heterocycles. The minimum Gasteiger partial charge on any atom is -0.336 e. The van der Waals surface area contributed by atoms with Gasteiger partial charge in [0.1, 0.15) is 17.3 Å².